The summed E-state index contributed by atoms with van der Waals surface area (Å²) in [7, 11) is 0. The summed E-state index contributed by atoms with van der Waals surface area (Å²) in [5.74, 6) is -0.948. The molecule has 170 valence electrons. The Labute approximate surface area is 186 Å². The third-order valence-corrected chi connectivity index (χ3v) is 6.60. The molecule has 0 saturated heterocycles. The normalized spacial score (nSPS) is 15.9. The molecule has 0 bridgehead atoms. The van der Waals surface area contributed by atoms with Crippen LogP contribution in [0.5, 0.6) is 0 Å². The number of para-hydroxylation sites is 1. The molecule has 1 amide bonds. The van der Waals surface area contributed by atoms with E-state index in [9.17, 15) is 14.7 Å². The third kappa shape index (κ3) is 6.34. The Morgan fingerprint density at radius 2 is 1.58 bits per heavy atom. The number of hydrogen-bond acceptors (Lipinski definition) is 2. The number of nitrogens with zero attached hydrogens (tertiary/aromatic N) is 1. The molecule has 0 aliphatic carbocycles. The SMILES string of the molecule is CCCCCCCCCCCCCC(=O)N1Cc2[nH]c3ccccc3c2C[C@H]1C(=O)O. The van der Waals surface area contributed by atoms with Gasteiger partial charge in [0.25, 0.3) is 0 Å². The zero-order valence-corrected chi connectivity index (χ0v) is 19.0. The average Bonchev–Trinajstić information content (AvgIpc) is 3.14. The molecular weight excluding hydrogens is 388 g/mol. The van der Waals surface area contributed by atoms with Gasteiger partial charge in [0, 0.05) is 29.4 Å². The van der Waals surface area contributed by atoms with Crippen LogP contribution < -0.4 is 0 Å². The number of benzene rings is 1. The number of carbonyl (C=O) groups excluding carboxylic acids is 1. The molecule has 1 aliphatic rings. The third-order valence-electron chi connectivity index (χ3n) is 6.60. The number of carboxylic acids is 1. The van der Waals surface area contributed by atoms with E-state index in [1.807, 2.05) is 24.3 Å². The zero-order valence-electron chi connectivity index (χ0n) is 19.0. The maximum absolute atomic E-state index is 12.8. The lowest BCUT2D eigenvalue weighted by atomic mass is 9.96. The van der Waals surface area contributed by atoms with Crippen LogP contribution >= 0.6 is 0 Å². The van der Waals surface area contributed by atoms with Crippen molar-refractivity contribution in [3.05, 3.63) is 35.5 Å². The van der Waals surface area contributed by atoms with Gasteiger partial charge in [0.1, 0.15) is 6.04 Å². The van der Waals surface area contributed by atoms with Gasteiger partial charge < -0.3 is 15.0 Å². The molecule has 1 atom stereocenters. The largest absolute Gasteiger partial charge is 0.480 e. The molecule has 2 N–H and O–H groups in total. The van der Waals surface area contributed by atoms with Gasteiger partial charge in [-0.2, -0.15) is 0 Å². The highest BCUT2D eigenvalue weighted by atomic mass is 16.4. The fraction of sp³-hybridized carbons (Fsp3) is 0.615. The number of aromatic amines is 1. The van der Waals surface area contributed by atoms with Gasteiger partial charge in [-0.05, 0) is 18.1 Å². The number of carbonyl (C=O) groups is 2. The highest BCUT2D eigenvalue weighted by Gasteiger charge is 2.35. The standard InChI is InChI=1S/C26H38N2O3/c1-2-3-4-5-6-7-8-9-10-11-12-17-25(29)28-19-23-21(18-24(28)26(30)31)20-15-13-14-16-22(20)27-23/h13-16,24,27H,2-12,17-19H2,1H3,(H,30,31)/t24-/m0/s1. The number of aliphatic carboxylic acids is 1. The maximum atomic E-state index is 12.8. The molecule has 3 rings (SSSR count). The summed E-state index contributed by atoms with van der Waals surface area (Å²) >= 11 is 0. The first-order valence-electron chi connectivity index (χ1n) is 12.2. The predicted molar refractivity (Wildman–Crippen MR) is 125 cm³/mol. The Balaban J connectivity index is 1.41. The van der Waals surface area contributed by atoms with E-state index in [-0.39, 0.29) is 5.91 Å². The molecule has 2 heterocycles. The zero-order chi connectivity index (χ0) is 22.1. The first kappa shape index (κ1) is 23.4. The Kier molecular flexibility index (Phi) is 8.98. The minimum Gasteiger partial charge on any atom is -0.480 e. The summed E-state index contributed by atoms with van der Waals surface area (Å²) in [5.41, 5.74) is 3.03. The van der Waals surface area contributed by atoms with E-state index in [4.69, 9.17) is 0 Å². The van der Waals surface area contributed by atoms with Crippen molar-refractivity contribution in [1.29, 1.82) is 0 Å². The number of amides is 1. The van der Waals surface area contributed by atoms with Gasteiger partial charge in [0.15, 0.2) is 0 Å². The van der Waals surface area contributed by atoms with Gasteiger partial charge in [-0.25, -0.2) is 4.79 Å². The van der Waals surface area contributed by atoms with E-state index in [1.165, 1.54) is 51.4 Å². The second kappa shape index (κ2) is 11.9. The Morgan fingerprint density at radius 1 is 0.968 bits per heavy atom. The summed E-state index contributed by atoms with van der Waals surface area (Å²) in [6, 6.07) is 7.18. The van der Waals surface area contributed by atoms with Gasteiger partial charge in [0.2, 0.25) is 5.91 Å². The Bertz CT molecular complexity index is 857. The first-order valence-corrected chi connectivity index (χ1v) is 12.2. The van der Waals surface area contributed by atoms with Crippen LogP contribution in [0, 0.1) is 0 Å². The van der Waals surface area contributed by atoms with E-state index >= 15 is 0 Å². The van der Waals surface area contributed by atoms with Crippen LogP contribution in [0.4, 0.5) is 0 Å². The van der Waals surface area contributed by atoms with Crippen LogP contribution in [0.25, 0.3) is 10.9 Å². The number of rotatable bonds is 13. The fourth-order valence-electron chi connectivity index (χ4n) is 4.77. The smallest absolute Gasteiger partial charge is 0.326 e. The van der Waals surface area contributed by atoms with Crippen LogP contribution in [-0.2, 0) is 22.6 Å². The highest BCUT2D eigenvalue weighted by molar-refractivity contribution is 5.89. The quantitative estimate of drug-likeness (QED) is 0.374. The van der Waals surface area contributed by atoms with E-state index in [0.717, 1.165) is 41.4 Å². The molecule has 5 nitrogen and oxygen atoms in total. The van der Waals surface area contributed by atoms with Gasteiger partial charge in [0.05, 0.1) is 6.54 Å². The molecule has 2 aromatic rings. The van der Waals surface area contributed by atoms with Crippen molar-refractivity contribution in [2.45, 2.75) is 103 Å². The van der Waals surface area contributed by atoms with Gasteiger partial charge in [-0.1, -0.05) is 89.3 Å². The van der Waals surface area contributed by atoms with Crippen LogP contribution in [0.2, 0.25) is 0 Å². The lowest BCUT2D eigenvalue weighted by Crippen LogP contribution is -2.48. The summed E-state index contributed by atoms with van der Waals surface area (Å²) in [4.78, 5) is 29.7. The van der Waals surface area contributed by atoms with Crippen LogP contribution in [-0.4, -0.2) is 32.9 Å². The van der Waals surface area contributed by atoms with E-state index < -0.39 is 12.0 Å². The van der Waals surface area contributed by atoms with Gasteiger partial charge >= 0.3 is 5.97 Å². The van der Waals surface area contributed by atoms with Gasteiger partial charge in [-0.15, -0.1) is 0 Å². The Morgan fingerprint density at radius 3 is 2.23 bits per heavy atom. The number of H-pyrrole nitrogens is 1. The van der Waals surface area contributed by atoms with Crippen molar-refractivity contribution in [3.8, 4) is 0 Å². The minimum atomic E-state index is -0.914. The summed E-state index contributed by atoms with van der Waals surface area (Å²) in [6.07, 6.45) is 14.4. The molecule has 0 unspecified atom stereocenters. The van der Waals surface area contributed by atoms with Crippen molar-refractivity contribution in [1.82, 2.24) is 9.88 Å². The molecule has 1 aromatic heterocycles. The molecule has 31 heavy (non-hydrogen) atoms. The first-order chi connectivity index (χ1) is 15.1. The van der Waals surface area contributed by atoms with Crippen LogP contribution in [0.3, 0.4) is 0 Å². The van der Waals surface area contributed by atoms with Crippen molar-refractivity contribution in [2.24, 2.45) is 0 Å². The number of hydrogen-bond donors (Lipinski definition) is 2. The van der Waals surface area contributed by atoms with Crippen molar-refractivity contribution >= 4 is 22.8 Å². The monoisotopic (exact) mass is 426 g/mol. The van der Waals surface area contributed by atoms with E-state index in [2.05, 4.69) is 11.9 Å². The van der Waals surface area contributed by atoms with Crippen molar-refractivity contribution < 1.29 is 14.7 Å². The summed E-state index contributed by atoms with van der Waals surface area (Å²) in [6.45, 7) is 2.61. The number of carboxylic acid groups (broad SMARTS) is 1. The molecular formula is C26H38N2O3. The molecule has 0 saturated carbocycles. The Hall–Kier alpha value is -2.30. The average molecular weight is 427 g/mol. The summed E-state index contributed by atoms with van der Waals surface area (Å²) in [5, 5.41) is 10.8. The van der Waals surface area contributed by atoms with Gasteiger partial charge in [-0.3, -0.25) is 4.79 Å². The summed E-state index contributed by atoms with van der Waals surface area (Å²) < 4.78 is 0. The number of aromatic nitrogens is 1. The molecule has 0 fully saturated rings. The molecule has 1 aliphatic heterocycles. The second-order valence-corrected chi connectivity index (χ2v) is 8.99. The number of unbranched alkanes of at least 4 members (excludes halogenated alkanes) is 10. The maximum Gasteiger partial charge on any atom is 0.326 e. The molecule has 1 aromatic carbocycles. The molecule has 5 heteroatoms. The number of nitrogens with one attached hydrogen (secondary N) is 1. The van der Waals surface area contributed by atoms with E-state index in [0.29, 0.717) is 19.4 Å². The van der Waals surface area contributed by atoms with E-state index in [1.54, 1.807) is 4.90 Å². The van der Waals surface area contributed by atoms with Crippen molar-refractivity contribution in [2.75, 3.05) is 0 Å². The molecule has 0 spiro atoms. The van der Waals surface area contributed by atoms with Crippen molar-refractivity contribution in [3.63, 3.8) is 0 Å². The minimum absolute atomic E-state index is 0.0346. The molecule has 0 radical (unpaired) electrons. The lowest BCUT2D eigenvalue weighted by molar-refractivity contribution is -0.151. The highest BCUT2D eigenvalue weighted by Crippen LogP contribution is 2.31. The lowest BCUT2D eigenvalue weighted by Gasteiger charge is -2.33. The predicted octanol–water partition coefficient (Wildman–Crippen LogP) is 6.21. The fourth-order valence-corrected chi connectivity index (χ4v) is 4.77. The van der Waals surface area contributed by atoms with Crippen LogP contribution in [0.1, 0.15) is 95.2 Å². The number of fused-ring (bicyclic) bond motifs is 3. The topological polar surface area (TPSA) is 73.4 Å². The van der Waals surface area contributed by atoms with Crippen LogP contribution in [0.15, 0.2) is 24.3 Å². The second-order valence-electron chi connectivity index (χ2n) is 8.99.